The molecule has 8 heteroatoms. The van der Waals surface area contributed by atoms with Crippen molar-refractivity contribution in [1.82, 2.24) is 14.7 Å². The van der Waals surface area contributed by atoms with Crippen LogP contribution in [0.15, 0.2) is 18.2 Å². The minimum atomic E-state index is -0.867. The molecule has 0 spiro atoms. The van der Waals surface area contributed by atoms with Gasteiger partial charge in [0.1, 0.15) is 0 Å². The SMILES string of the molecule is CN(CCCC(=O)O)C(=O)c1nn(-c2ccc(Cl)cc2Cl)c2c1CCC2. The molecule has 1 aromatic carbocycles. The lowest BCUT2D eigenvalue weighted by Crippen LogP contribution is -2.29. The number of aromatic nitrogens is 2. The minimum absolute atomic E-state index is 0.0323. The molecule has 0 unspecified atom stereocenters. The van der Waals surface area contributed by atoms with Crippen LogP contribution in [-0.4, -0.2) is 45.3 Å². The lowest BCUT2D eigenvalue weighted by atomic mass is 10.2. The number of nitrogens with zero attached hydrogens (tertiary/aromatic N) is 3. The van der Waals surface area contributed by atoms with Gasteiger partial charge in [-0.1, -0.05) is 23.2 Å². The van der Waals surface area contributed by atoms with Crippen molar-refractivity contribution < 1.29 is 14.7 Å². The first-order valence-electron chi connectivity index (χ1n) is 8.42. The predicted molar refractivity (Wildman–Crippen MR) is 99.4 cm³/mol. The number of fused-ring (bicyclic) bond motifs is 1. The summed E-state index contributed by atoms with van der Waals surface area (Å²) in [7, 11) is 1.67. The van der Waals surface area contributed by atoms with E-state index >= 15 is 0 Å². The van der Waals surface area contributed by atoms with Crippen LogP contribution >= 0.6 is 23.2 Å². The molecule has 0 aliphatic heterocycles. The number of rotatable bonds is 6. The van der Waals surface area contributed by atoms with E-state index in [0.717, 1.165) is 30.5 Å². The third-order valence-corrected chi connectivity index (χ3v) is 5.04. The number of amides is 1. The molecule has 0 atom stereocenters. The second-order valence-electron chi connectivity index (χ2n) is 6.36. The first kappa shape index (κ1) is 18.7. The van der Waals surface area contributed by atoms with Gasteiger partial charge in [-0.15, -0.1) is 0 Å². The van der Waals surface area contributed by atoms with Gasteiger partial charge in [0.25, 0.3) is 5.91 Å². The molecule has 1 aliphatic carbocycles. The van der Waals surface area contributed by atoms with Gasteiger partial charge in [0.05, 0.1) is 10.7 Å². The van der Waals surface area contributed by atoms with Crippen LogP contribution in [0.1, 0.15) is 41.0 Å². The van der Waals surface area contributed by atoms with Gasteiger partial charge >= 0.3 is 5.97 Å². The summed E-state index contributed by atoms with van der Waals surface area (Å²) in [5, 5.41) is 14.3. The van der Waals surface area contributed by atoms with E-state index in [2.05, 4.69) is 5.10 Å². The Morgan fingerprint density at radius 1 is 1.31 bits per heavy atom. The van der Waals surface area contributed by atoms with E-state index in [1.165, 1.54) is 4.90 Å². The Labute approximate surface area is 161 Å². The van der Waals surface area contributed by atoms with Crippen LogP contribution in [0.25, 0.3) is 5.69 Å². The molecule has 0 saturated carbocycles. The highest BCUT2D eigenvalue weighted by molar-refractivity contribution is 6.35. The molecule has 6 nitrogen and oxygen atoms in total. The number of carboxylic acid groups (broad SMARTS) is 1. The Kier molecular flexibility index (Phi) is 5.53. The zero-order valence-corrected chi connectivity index (χ0v) is 15.8. The van der Waals surface area contributed by atoms with Crippen molar-refractivity contribution in [1.29, 1.82) is 0 Å². The molecule has 0 fully saturated rings. The molecule has 1 amide bonds. The van der Waals surface area contributed by atoms with Crippen molar-refractivity contribution in [3.8, 4) is 5.69 Å². The molecule has 1 aliphatic rings. The Balaban J connectivity index is 1.90. The number of carboxylic acids is 1. The van der Waals surface area contributed by atoms with E-state index in [4.69, 9.17) is 28.3 Å². The number of hydrogen-bond donors (Lipinski definition) is 1. The number of hydrogen-bond acceptors (Lipinski definition) is 3. The fourth-order valence-corrected chi connectivity index (χ4v) is 3.70. The van der Waals surface area contributed by atoms with E-state index < -0.39 is 5.97 Å². The van der Waals surface area contributed by atoms with Gasteiger partial charge in [0, 0.05) is 36.3 Å². The highest BCUT2D eigenvalue weighted by Gasteiger charge is 2.29. The maximum atomic E-state index is 12.8. The van der Waals surface area contributed by atoms with E-state index in [9.17, 15) is 9.59 Å². The summed E-state index contributed by atoms with van der Waals surface area (Å²) in [6, 6.07) is 5.19. The molecule has 1 aromatic heterocycles. The summed E-state index contributed by atoms with van der Waals surface area (Å²) in [6.07, 6.45) is 3.03. The number of aliphatic carboxylic acids is 1. The number of halogens is 2. The molecular formula is C18H19Cl2N3O3. The van der Waals surface area contributed by atoms with Crippen molar-refractivity contribution in [3.05, 3.63) is 45.2 Å². The molecular weight excluding hydrogens is 377 g/mol. The van der Waals surface area contributed by atoms with Crippen LogP contribution in [0, 0.1) is 0 Å². The molecule has 138 valence electrons. The van der Waals surface area contributed by atoms with E-state index in [-0.39, 0.29) is 12.3 Å². The summed E-state index contributed by atoms with van der Waals surface area (Å²) in [6.45, 7) is 0.370. The van der Waals surface area contributed by atoms with Gasteiger partial charge < -0.3 is 10.0 Å². The van der Waals surface area contributed by atoms with Gasteiger partial charge in [-0.3, -0.25) is 9.59 Å². The average Bonchev–Trinajstić information content (AvgIpc) is 3.16. The van der Waals surface area contributed by atoms with Crippen molar-refractivity contribution in [3.63, 3.8) is 0 Å². The van der Waals surface area contributed by atoms with Crippen molar-refractivity contribution >= 4 is 35.1 Å². The minimum Gasteiger partial charge on any atom is -0.481 e. The number of carbonyl (C=O) groups excluding carboxylic acids is 1. The first-order valence-corrected chi connectivity index (χ1v) is 9.17. The van der Waals surface area contributed by atoms with Gasteiger partial charge in [0.2, 0.25) is 0 Å². The zero-order valence-electron chi connectivity index (χ0n) is 14.3. The smallest absolute Gasteiger partial charge is 0.303 e. The molecule has 26 heavy (non-hydrogen) atoms. The lowest BCUT2D eigenvalue weighted by molar-refractivity contribution is -0.137. The van der Waals surface area contributed by atoms with Gasteiger partial charge in [-0.25, -0.2) is 4.68 Å². The number of benzene rings is 1. The second kappa shape index (κ2) is 7.68. The molecule has 2 aromatic rings. The van der Waals surface area contributed by atoms with Gasteiger partial charge in [-0.05, 0) is 43.9 Å². The standard InChI is InChI=1S/C18H19Cl2N3O3/c1-22(9-3-6-16(24)25)18(26)17-12-4-2-5-14(12)23(21-17)15-8-7-11(19)10-13(15)20/h7-8,10H,2-6,9H2,1H3,(H,24,25). The molecule has 1 heterocycles. The second-order valence-corrected chi connectivity index (χ2v) is 7.20. The van der Waals surface area contributed by atoms with E-state index in [0.29, 0.717) is 34.4 Å². The Morgan fingerprint density at radius 3 is 2.77 bits per heavy atom. The van der Waals surface area contributed by atoms with E-state index in [1.54, 1.807) is 29.9 Å². The Hall–Kier alpha value is -2.05. The molecule has 0 bridgehead atoms. The van der Waals surface area contributed by atoms with Crippen LogP contribution in [0.5, 0.6) is 0 Å². The Bertz CT molecular complexity index is 864. The molecule has 0 radical (unpaired) electrons. The molecule has 0 saturated heterocycles. The van der Waals surface area contributed by atoms with Crippen molar-refractivity contribution in [2.45, 2.75) is 32.1 Å². The summed E-state index contributed by atoms with van der Waals surface area (Å²) in [5.74, 6) is -1.06. The highest BCUT2D eigenvalue weighted by Crippen LogP contribution is 2.32. The normalized spacial score (nSPS) is 12.9. The van der Waals surface area contributed by atoms with Crippen LogP contribution in [0.4, 0.5) is 0 Å². The van der Waals surface area contributed by atoms with Crippen molar-refractivity contribution in [2.24, 2.45) is 0 Å². The topological polar surface area (TPSA) is 75.4 Å². The van der Waals surface area contributed by atoms with Gasteiger partial charge in [0.15, 0.2) is 5.69 Å². The van der Waals surface area contributed by atoms with Crippen LogP contribution in [0.3, 0.4) is 0 Å². The van der Waals surface area contributed by atoms with Crippen molar-refractivity contribution in [2.75, 3.05) is 13.6 Å². The largest absolute Gasteiger partial charge is 0.481 e. The third-order valence-electron chi connectivity index (χ3n) is 4.50. The third kappa shape index (κ3) is 3.71. The van der Waals surface area contributed by atoms with Crippen LogP contribution in [0.2, 0.25) is 10.0 Å². The summed E-state index contributed by atoms with van der Waals surface area (Å²) >= 11 is 12.3. The monoisotopic (exact) mass is 395 g/mol. The maximum Gasteiger partial charge on any atom is 0.303 e. The van der Waals surface area contributed by atoms with E-state index in [1.807, 2.05) is 0 Å². The first-order chi connectivity index (χ1) is 12.4. The molecule has 3 rings (SSSR count). The summed E-state index contributed by atoms with van der Waals surface area (Å²) in [5.41, 5.74) is 3.06. The average molecular weight is 396 g/mol. The maximum absolute atomic E-state index is 12.8. The summed E-state index contributed by atoms with van der Waals surface area (Å²) < 4.78 is 1.74. The zero-order chi connectivity index (χ0) is 18.8. The fraction of sp³-hybridized carbons (Fsp3) is 0.389. The summed E-state index contributed by atoms with van der Waals surface area (Å²) in [4.78, 5) is 25.0. The molecule has 1 N–H and O–H groups in total. The quantitative estimate of drug-likeness (QED) is 0.810. The predicted octanol–water partition coefficient (Wildman–Crippen LogP) is 3.60. The van der Waals surface area contributed by atoms with Gasteiger partial charge in [-0.2, -0.15) is 5.10 Å². The lowest BCUT2D eigenvalue weighted by Gasteiger charge is -2.15. The van der Waals surface area contributed by atoms with Crippen LogP contribution < -0.4 is 0 Å². The Morgan fingerprint density at radius 2 is 2.08 bits per heavy atom. The fourth-order valence-electron chi connectivity index (χ4n) is 3.21. The highest BCUT2D eigenvalue weighted by atomic mass is 35.5. The van der Waals surface area contributed by atoms with Crippen LogP contribution in [-0.2, 0) is 17.6 Å². The number of carbonyl (C=O) groups is 2.